The summed E-state index contributed by atoms with van der Waals surface area (Å²) in [6.07, 6.45) is 2.41. The SMILES string of the molecule is CCCc1ccc(C(=O)CCC(=O)Nc2ccc(C)cc2Cl)cc1. The molecule has 0 saturated carbocycles. The van der Waals surface area contributed by atoms with E-state index in [1.165, 1.54) is 5.56 Å². The summed E-state index contributed by atoms with van der Waals surface area (Å²) in [6, 6.07) is 13.1. The number of amides is 1. The zero-order chi connectivity index (χ0) is 17.5. The Morgan fingerprint density at radius 1 is 1.04 bits per heavy atom. The second-order valence-electron chi connectivity index (χ2n) is 5.90. The minimum Gasteiger partial charge on any atom is -0.325 e. The van der Waals surface area contributed by atoms with Gasteiger partial charge in [-0.25, -0.2) is 0 Å². The first-order chi connectivity index (χ1) is 11.5. The van der Waals surface area contributed by atoms with E-state index in [2.05, 4.69) is 12.2 Å². The van der Waals surface area contributed by atoms with Crippen LogP contribution in [0.5, 0.6) is 0 Å². The van der Waals surface area contributed by atoms with Crippen molar-refractivity contribution in [3.63, 3.8) is 0 Å². The van der Waals surface area contributed by atoms with E-state index in [1.54, 1.807) is 12.1 Å². The molecule has 0 spiro atoms. The molecule has 0 radical (unpaired) electrons. The van der Waals surface area contributed by atoms with Crippen molar-refractivity contribution in [3.8, 4) is 0 Å². The Kier molecular flexibility index (Phi) is 6.56. The maximum absolute atomic E-state index is 12.2. The highest BCUT2D eigenvalue weighted by Gasteiger charge is 2.11. The molecule has 0 aliphatic heterocycles. The zero-order valence-electron chi connectivity index (χ0n) is 14.1. The van der Waals surface area contributed by atoms with Crippen molar-refractivity contribution in [1.29, 1.82) is 0 Å². The summed E-state index contributed by atoms with van der Waals surface area (Å²) in [4.78, 5) is 24.2. The molecule has 0 bridgehead atoms. The number of hydrogen-bond acceptors (Lipinski definition) is 2. The number of benzene rings is 2. The molecule has 2 aromatic carbocycles. The molecular weight excluding hydrogens is 322 g/mol. The molecule has 2 rings (SSSR count). The van der Waals surface area contributed by atoms with E-state index in [1.807, 2.05) is 37.3 Å². The van der Waals surface area contributed by atoms with Crippen LogP contribution in [0.4, 0.5) is 5.69 Å². The Bertz CT molecular complexity index is 723. The lowest BCUT2D eigenvalue weighted by Crippen LogP contribution is -2.13. The van der Waals surface area contributed by atoms with Crippen molar-refractivity contribution in [2.75, 3.05) is 5.32 Å². The van der Waals surface area contributed by atoms with Crippen LogP contribution in [0.1, 0.15) is 47.7 Å². The van der Waals surface area contributed by atoms with Crippen molar-refractivity contribution in [3.05, 3.63) is 64.2 Å². The van der Waals surface area contributed by atoms with Crippen LogP contribution in [0.2, 0.25) is 5.02 Å². The lowest BCUT2D eigenvalue weighted by Gasteiger charge is -2.08. The smallest absolute Gasteiger partial charge is 0.224 e. The standard InChI is InChI=1S/C20H22ClNO2/c1-3-4-15-6-8-16(9-7-15)19(23)11-12-20(24)22-18-10-5-14(2)13-17(18)21/h5-10,13H,3-4,11-12H2,1-2H3,(H,22,24). The molecule has 4 heteroatoms. The number of carbonyl (C=O) groups excluding carboxylic acids is 2. The van der Waals surface area contributed by atoms with Gasteiger partial charge < -0.3 is 5.32 Å². The molecule has 0 fully saturated rings. The zero-order valence-corrected chi connectivity index (χ0v) is 14.8. The first-order valence-corrected chi connectivity index (χ1v) is 8.55. The predicted octanol–water partition coefficient (Wildman–Crippen LogP) is 5.20. The largest absolute Gasteiger partial charge is 0.325 e. The molecule has 126 valence electrons. The van der Waals surface area contributed by atoms with Crippen LogP contribution in [-0.4, -0.2) is 11.7 Å². The van der Waals surface area contributed by atoms with Crippen molar-refractivity contribution in [2.24, 2.45) is 0 Å². The number of nitrogens with one attached hydrogen (secondary N) is 1. The van der Waals surface area contributed by atoms with Gasteiger partial charge in [-0.05, 0) is 36.6 Å². The highest BCUT2D eigenvalue weighted by molar-refractivity contribution is 6.33. The van der Waals surface area contributed by atoms with Gasteiger partial charge in [0.05, 0.1) is 10.7 Å². The van der Waals surface area contributed by atoms with Gasteiger partial charge in [0.2, 0.25) is 5.91 Å². The van der Waals surface area contributed by atoms with Gasteiger partial charge in [0.1, 0.15) is 0 Å². The lowest BCUT2D eigenvalue weighted by molar-refractivity contribution is -0.116. The van der Waals surface area contributed by atoms with Crippen molar-refractivity contribution >= 4 is 29.0 Å². The summed E-state index contributed by atoms with van der Waals surface area (Å²) in [5, 5.41) is 3.25. The number of ketones is 1. The van der Waals surface area contributed by atoms with E-state index in [-0.39, 0.29) is 24.5 Å². The molecule has 0 saturated heterocycles. The normalized spacial score (nSPS) is 10.5. The van der Waals surface area contributed by atoms with Crippen LogP contribution in [0.15, 0.2) is 42.5 Å². The number of rotatable bonds is 7. The third-order valence-electron chi connectivity index (χ3n) is 3.79. The summed E-state index contributed by atoms with van der Waals surface area (Å²) >= 11 is 6.09. The summed E-state index contributed by atoms with van der Waals surface area (Å²) in [7, 11) is 0. The molecule has 1 amide bonds. The van der Waals surface area contributed by atoms with Crippen LogP contribution < -0.4 is 5.32 Å². The quantitative estimate of drug-likeness (QED) is 0.702. The molecule has 0 aliphatic rings. The van der Waals surface area contributed by atoms with Gasteiger partial charge in [0, 0.05) is 18.4 Å². The van der Waals surface area contributed by atoms with Crippen LogP contribution in [0.25, 0.3) is 0 Å². The first-order valence-electron chi connectivity index (χ1n) is 8.17. The highest BCUT2D eigenvalue weighted by atomic mass is 35.5. The summed E-state index contributed by atoms with van der Waals surface area (Å²) in [5.41, 5.74) is 3.47. The first kappa shape index (κ1) is 18.2. The molecule has 2 aromatic rings. The lowest BCUT2D eigenvalue weighted by atomic mass is 10.0. The van der Waals surface area contributed by atoms with E-state index in [4.69, 9.17) is 11.6 Å². The molecule has 0 aliphatic carbocycles. The second-order valence-corrected chi connectivity index (χ2v) is 6.31. The molecule has 0 unspecified atom stereocenters. The van der Waals surface area contributed by atoms with E-state index in [0.29, 0.717) is 16.3 Å². The number of halogens is 1. The molecule has 0 heterocycles. The Balaban J connectivity index is 1.87. The summed E-state index contributed by atoms with van der Waals surface area (Å²) in [6.45, 7) is 4.06. The summed E-state index contributed by atoms with van der Waals surface area (Å²) < 4.78 is 0. The molecular formula is C20H22ClNO2. The van der Waals surface area contributed by atoms with Crippen molar-refractivity contribution < 1.29 is 9.59 Å². The average molecular weight is 344 g/mol. The van der Waals surface area contributed by atoms with Crippen LogP contribution in [0.3, 0.4) is 0 Å². The Morgan fingerprint density at radius 3 is 2.38 bits per heavy atom. The van der Waals surface area contributed by atoms with Gasteiger partial charge in [-0.1, -0.05) is 55.3 Å². The Hall–Kier alpha value is -2.13. The maximum Gasteiger partial charge on any atom is 0.224 e. The number of aryl methyl sites for hydroxylation is 2. The number of carbonyl (C=O) groups is 2. The second kappa shape index (κ2) is 8.65. The van der Waals surface area contributed by atoms with E-state index in [9.17, 15) is 9.59 Å². The fourth-order valence-electron chi connectivity index (χ4n) is 2.45. The fraction of sp³-hybridized carbons (Fsp3) is 0.300. The maximum atomic E-state index is 12.2. The van der Waals surface area contributed by atoms with Gasteiger partial charge >= 0.3 is 0 Å². The Labute approximate surface area is 148 Å². The van der Waals surface area contributed by atoms with Gasteiger partial charge in [0.15, 0.2) is 5.78 Å². The number of hydrogen-bond donors (Lipinski definition) is 1. The third kappa shape index (κ3) is 5.20. The minimum absolute atomic E-state index is 0.0248. The summed E-state index contributed by atoms with van der Waals surface area (Å²) in [5.74, 6) is -0.236. The van der Waals surface area contributed by atoms with Crippen LogP contribution in [0, 0.1) is 6.92 Å². The predicted molar refractivity (Wildman–Crippen MR) is 98.8 cm³/mol. The average Bonchev–Trinajstić information content (AvgIpc) is 2.56. The third-order valence-corrected chi connectivity index (χ3v) is 4.11. The Morgan fingerprint density at radius 2 is 1.75 bits per heavy atom. The van der Waals surface area contributed by atoms with Crippen LogP contribution >= 0.6 is 11.6 Å². The van der Waals surface area contributed by atoms with Gasteiger partial charge in [-0.2, -0.15) is 0 Å². The van der Waals surface area contributed by atoms with E-state index in [0.717, 1.165) is 18.4 Å². The van der Waals surface area contributed by atoms with Crippen LogP contribution in [-0.2, 0) is 11.2 Å². The number of Topliss-reactive ketones (excluding diaryl/α,β-unsaturated/α-hetero) is 1. The highest BCUT2D eigenvalue weighted by Crippen LogP contribution is 2.23. The van der Waals surface area contributed by atoms with E-state index < -0.39 is 0 Å². The molecule has 3 nitrogen and oxygen atoms in total. The topological polar surface area (TPSA) is 46.2 Å². The van der Waals surface area contributed by atoms with Crippen molar-refractivity contribution in [2.45, 2.75) is 39.5 Å². The fourth-order valence-corrected chi connectivity index (χ4v) is 2.73. The molecule has 0 atom stereocenters. The monoisotopic (exact) mass is 343 g/mol. The molecule has 24 heavy (non-hydrogen) atoms. The van der Waals surface area contributed by atoms with E-state index >= 15 is 0 Å². The minimum atomic E-state index is -0.211. The van der Waals surface area contributed by atoms with Gasteiger partial charge in [-0.3, -0.25) is 9.59 Å². The van der Waals surface area contributed by atoms with Gasteiger partial charge in [0.25, 0.3) is 0 Å². The van der Waals surface area contributed by atoms with Crippen molar-refractivity contribution in [1.82, 2.24) is 0 Å². The molecule has 0 aromatic heterocycles. The number of anilines is 1. The van der Waals surface area contributed by atoms with Gasteiger partial charge in [-0.15, -0.1) is 0 Å². The molecule has 1 N–H and O–H groups in total.